The number of benzene rings is 1. The Balaban J connectivity index is 1.49. The highest BCUT2D eigenvalue weighted by Gasteiger charge is 2.29. The van der Waals surface area contributed by atoms with Gasteiger partial charge < -0.3 is 24.8 Å². The molecule has 1 atom stereocenters. The predicted octanol–water partition coefficient (Wildman–Crippen LogP) is 3.12. The molecule has 0 bridgehead atoms. The first-order valence-corrected chi connectivity index (χ1v) is 9.45. The van der Waals surface area contributed by atoms with Gasteiger partial charge >= 0.3 is 0 Å². The highest BCUT2D eigenvalue weighted by molar-refractivity contribution is 5.79. The Morgan fingerprint density at radius 2 is 2.11 bits per heavy atom. The van der Waals surface area contributed by atoms with E-state index in [2.05, 4.69) is 27.5 Å². The summed E-state index contributed by atoms with van der Waals surface area (Å²) in [5, 5.41) is 6.63. The molecular formula is C21H28N4O3. The van der Waals surface area contributed by atoms with Gasteiger partial charge in [-0.1, -0.05) is 12.1 Å². The van der Waals surface area contributed by atoms with Gasteiger partial charge in [-0.2, -0.15) is 0 Å². The molecule has 28 heavy (non-hydrogen) atoms. The van der Waals surface area contributed by atoms with Crippen LogP contribution in [0.15, 0.2) is 47.6 Å². The lowest BCUT2D eigenvalue weighted by Gasteiger charge is -2.24. The number of guanidine groups is 1. The number of ether oxygens (including phenoxy) is 3. The lowest BCUT2D eigenvalue weighted by molar-refractivity contribution is 0.0243. The summed E-state index contributed by atoms with van der Waals surface area (Å²) in [6.07, 6.45) is 3.97. The van der Waals surface area contributed by atoms with E-state index in [4.69, 9.17) is 14.2 Å². The SMILES string of the molecule is CN=C(NCc1ccc(Oc2cccc(OC)c2)nc1)NCC1(C)CCCO1. The molecule has 1 aliphatic rings. The van der Waals surface area contributed by atoms with Gasteiger partial charge in [0.25, 0.3) is 0 Å². The van der Waals surface area contributed by atoms with E-state index >= 15 is 0 Å². The van der Waals surface area contributed by atoms with E-state index in [-0.39, 0.29) is 5.60 Å². The van der Waals surface area contributed by atoms with Gasteiger partial charge in [0.2, 0.25) is 5.88 Å². The van der Waals surface area contributed by atoms with Gasteiger partial charge in [0.05, 0.1) is 12.7 Å². The van der Waals surface area contributed by atoms with Crippen molar-refractivity contribution in [1.82, 2.24) is 15.6 Å². The molecule has 0 radical (unpaired) electrons. The third-order valence-electron chi connectivity index (χ3n) is 4.68. The molecule has 0 saturated carbocycles. The molecule has 1 fully saturated rings. The van der Waals surface area contributed by atoms with Crippen molar-refractivity contribution >= 4 is 5.96 Å². The molecule has 7 nitrogen and oxygen atoms in total. The van der Waals surface area contributed by atoms with Gasteiger partial charge in [-0.3, -0.25) is 4.99 Å². The van der Waals surface area contributed by atoms with E-state index in [0.29, 0.717) is 18.2 Å². The fraction of sp³-hybridized carbons (Fsp3) is 0.429. The number of aromatic nitrogens is 1. The summed E-state index contributed by atoms with van der Waals surface area (Å²) in [6, 6.07) is 11.3. The molecule has 0 spiro atoms. The predicted molar refractivity (Wildman–Crippen MR) is 109 cm³/mol. The van der Waals surface area contributed by atoms with Gasteiger partial charge in [0, 0.05) is 45.1 Å². The number of methoxy groups -OCH3 is 1. The Hall–Kier alpha value is -2.80. The molecule has 2 aromatic rings. The quantitative estimate of drug-likeness (QED) is 0.564. The van der Waals surface area contributed by atoms with Crippen LogP contribution in [0.4, 0.5) is 0 Å². The molecule has 7 heteroatoms. The number of nitrogens with zero attached hydrogens (tertiary/aromatic N) is 2. The van der Waals surface area contributed by atoms with Crippen LogP contribution in [-0.2, 0) is 11.3 Å². The summed E-state index contributed by atoms with van der Waals surface area (Å²) in [4.78, 5) is 8.64. The van der Waals surface area contributed by atoms with E-state index in [1.807, 2.05) is 36.4 Å². The molecule has 1 aromatic heterocycles. The zero-order chi connectivity index (χ0) is 19.8. The molecule has 1 unspecified atom stereocenters. The summed E-state index contributed by atoms with van der Waals surface area (Å²) >= 11 is 0. The topological polar surface area (TPSA) is 77.0 Å². The fourth-order valence-electron chi connectivity index (χ4n) is 3.01. The number of pyridine rings is 1. The summed E-state index contributed by atoms with van der Waals surface area (Å²) in [5.74, 6) is 2.71. The van der Waals surface area contributed by atoms with Crippen molar-refractivity contribution in [3.8, 4) is 17.4 Å². The monoisotopic (exact) mass is 384 g/mol. The van der Waals surface area contributed by atoms with Crippen LogP contribution in [0.2, 0.25) is 0 Å². The van der Waals surface area contributed by atoms with Crippen molar-refractivity contribution in [3.63, 3.8) is 0 Å². The number of hydrogen-bond acceptors (Lipinski definition) is 5. The summed E-state index contributed by atoms with van der Waals surface area (Å²) < 4.78 is 16.8. The Kier molecular flexibility index (Phi) is 6.71. The number of aliphatic imine (C=N–C) groups is 1. The van der Waals surface area contributed by atoms with Crippen molar-refractivity contribution in [2.45, 2.75) is 31.9 Å². The van der Waals surface area contributed by atoms with Crippen molar-refractivity contribution in [2.24, 2.45) is 4.99 Å². The average molecular weight is 384 g/mol. The molecule has 2 heterocycles. The van der Waals surface area contributed by atoms with Gasteiger partial charge in [0.1, 0.15) is 11.5 Å². The van der Waals surface area contributed by atoms with Gasteiger partial charge in [0.15, 0.2) is 5.96 Å². The molecule has 3 rings (SSSR count). The van der Waals surface area contributed by atoms with Gasteiger partial charge in [-0.15, -0.1) is 0 Å². The van der Waals surface area contributed by atoms with Crippen LogP contribution in [0, 0.1) is 0 Å². The summed E-state index contributed by atoms with van der Waals surface area (Å²) in [7, 11) is 3.39. The highest BCUT2D eigenvalue weighted by atomic mass is 16.5. The van der Waals surface area contributed by atoms with Crippen molar-refractivity contribution < 1.29 is 14.2 Å². The first-order chi connectivity index (χ1) is 13.6. The number of rotatable bonds is 7. The molecule has 150 valence electrons. The maximum absolute atomic E-state index is 5.80. The maximum Gasteiger partial charge on any atom is 0.219 e. The van der Waals surface area contributed by atoms with Crippen LogP contribution < -0.4 is 20.1 Å². The van der Waals surface area contributed by atoms with E-state index in [9.17, 15) is 0 Å². The standard InChI is InChI=1S/C21H28N4O3/c1-21(10-5-11-27-21)15-25-20(22-2)24-14-16-8-9-19(23-13-16)28-18-7-4-6-17(12-18)26-3/h4,6-9,12-13H,5,10-11,14-15H2,1-3H3,(H2,22,24,25). The van der Waals surface area contributed by atoms with Gasteiger partial charge in [-0.25, -0.2) is 4.98 Å². The van der Waals surface area contributed by atoms with Crippen molar-refractivity contribution in [3.05, 3.63) is 48.2 Å². The van der Waals surface area contributed by atoms with Crippen LogP contribution in [0.1, 0.15) is 25.3 Å². The molecule has 1 aliphatic heterocycles. The fourth-order valence-corrected chi connectivity index (χ4v) is 3.01. The number of hydrogen-bond donors (Lipinski definition) is 2. The van der Waals surface area contributed by atoms with Crippen LogP contribution in [0.5, 0.6) is 17.4 Å². The second-order valence-electron chi connectivity index (χ2n) is 6.97. The Morgan fingerprint density at radius 3 is 2.79 bits per heavy atom. The molecule has 1 aromatic carbocycles. The Bertz CT molecular complexity index is 786. The average Bonchev–Trinajstić information content (AvgIpc) is 3.16. The summed E-state index contributed by atoms with van der Waals surface area (Å²) in [6.45, 7) is 4.31. The second-order valence-corrected chi connectivity index (χ2v) is 6.97. The van der Waals surface area contributed by atoms with Crippen LogP contribution in [-0.4, -0.2) is 43.9 Å². The van der Waals surface area contributed by atoms with Crippen molar-refractivity contribution in [1.29, 1.82) is 0 Å². The minimum Gasteiger partial charge on any atom is -0.497 e. The Morgan fingerprint density at radius 1 is 1.25 bits per heavy atom. The second kappa shape index (κ2) is 9.41. The Labute approximate surface area is 166 Å². The third kappa shape index (κ3) is 5.60. The minimum atomic E-state index is -0.113. The number of nitrogens with one attached hydrogen (secondary N) is 2. The van der Waals surface area contributed by atoms with E-state index < -0.39 is 0 Å². The highest BCUT2D eigenvalue weighted by Crippen LogP contribution is 2.24. The first-order valence-electron chi connectivity index (χ1n) is 9.45. The largest absolute Gasteiger partial charge is 0.497 e. The molecule has 2 N–H and O–H groups in total. The molecule has 1 saturated heterocycles. The van der Waals surface area contributed by atoms with Crippen LogP contribution in [0.25, 0.3) is 0 Å². The van der Waals surface area contributed by atoms with E-state index in [1.165, 1.54) is 0 Å². The summed E-state index contributed by atoms with van der Waals surface area (Å²) in [5.41, 5.74) is 0.919. The molecular weight excluding hydrogens is 356 g/mol. The molecule has 0 aliphatic carbocycles. The first kappa shape index (κ1) is 19.9. The van der Waals surface area contributed by atoms with Gasteiger partial charge in [-0.05, 0) is 37.5 Å². The normalized spacial score (nSPS) is 19.3. The zero-order valence-electron chi connectivity index (χ0n) is 16.7. The van der Waals surface area contributed by atoms with Crippen LogP contribution >= 0.6 is 0 Å². The molecule has 0 amide bonds. The van der Waals surface area contributed by atoms with E-state index in [1.54, 1.807) is 20.4 Å². The lowest BCUT2D eigenvalue weighted by Crippen LogP contribution is -2.45. The minimum absolute atomic E-state index is 0.113. The lowest BCUT2D eigenvalue weighted by atomic mass is 10.0. The van der Waals surface area contributed by atoms with Crippen LogP contribution in [0.3, 0.4) is 0 Å². The van der Waals surface area contributed by atoms with E-state index in [0.717, 1.165) is 43.3 Å². The maximum atomic E-state index is 5.80. The third-order valence-corrected chi connectivity index (χ3v) is 4.68. The smallest absolute Gasteiger partial charge is 0.219 e. The zero-order valence-corrected chi connectivity index (χ0v) is 16.7. The van der Waals surface area contributed by atoms with Crippen molar-refractivity contribution in [2.75, 3.05) is 27.3 Å².